The first-order chi connectivity index (χ1) is 11.6. The molecule has 0 fully saturated rings. The third-order valence-corrected chi connectivity index (χ3v) is 4.57. The first-order valence-corrected chi connectivity index (χ1v) is 8.75. The molecule has 0 bridgehead atoms. The predicted octanol–water partition coefficient (Wildman–Crippen LogP) is 3.99. The molecule has 1 N–H and O–H groups in total. The van der Waals surface area contributed by atoms with E-state index in [1.165, 1.54) is 5.56 Å². The number of hydrazone groups is 1. The van der Waals surface area contributed by atoms with E-state index in [0.29, 0.717) is 5.75 Å². The summed E-state index contributed by atoms with van der Waals surface area (Å²) in [5, 5.41) is 4.30. The minimum Gasteiger partial charge on any atom is -0.483 e. The Labute approximate surface area is 150 Å². The number of benzene rings is 2. The molecule has 0 saturated carbocycles. The number of fused-ring (bicyclic) bond motifs is 1. The van der Waals surface area contributed by atoms with Crippen LogP contribution in [0.5, 0.6) is 5.75 Å². The normalized spacial score (nSPS) is 15.0. The topological polar surface area (TPSA) is 50.7 Å². The van der Waals surface area contributed by atoms with Crippen molar-refractivity contribution in [3.8, 4) is 5.75 Å². The van der Waals surface area contributed by atoms with Crippen LogP contribution in [-0.2, 0) is 11.2 Å². The molecular formula is C19H19BrN2O2. The molecule has 2 aromatic carbocycles. The maximum absolute atomic E-state index is 12.0. The largest absolute Gasteiger partial charge is 0.483 e. The molecule has 0 heterocycles. The Hall–Kier alpha value is -2.14. The van der Waals surface area contributed by atoms with Crippen LogP contribution in [0.3, 0.4) is 0 Å². The predicted molar refractivity (Wildman–Crippen MR) is 98.4 cm³/mol. The molecule has 0 aromatic heterocycles. The monoisotopic (exact) mass is 386 g/mol. The molecular weight excluding hydrogens is 368 g/mol. The van der Waals surface area contributed by atoms with Gasteiger partial charge in [-0.2, -0.15) is 5.10 Å². The van der Waals surface area contributed by atoms with Gasteiger partial charge >= 0.3 is 0 Å². The number of hydrogen-bond donors (Lipinski definition) is 1. The number of halogens is 1. The van der Waals surface area contributed by atoms with E-state index in [2.05, 4.69) is 38.6 Å². The number of aryl methyl sites for hydroxylation is 2. The lowest BCUT2D eigenvalue weighted by atomic mass is 9.90. The molecule has 0 unspecified atom stereocenters. The summed E-state index contributed by atoms with van der Waals surface area (Å²) in [6, 6.07) is 13.9. The second-order valence-electron chi connectivity index (χ2n) is 5.83. The number of carbonyl (C=O) groups is 1. The summed E-state index contributed by atoms with van der Waals surface area (Å²) in [5.74, 6) is 0.379. The SMILES string of the molecule is Cc1ccc(OCC(=O)N/N=C2/CCCc3ccccc32)c(Br)c1. The van der Waals surface area contributed by atoms with Crippen molar-refractivity contribution in [2.24, 2.45) is 5.10 Å². The van der Waals surface area contributed by atoms with Crippen molar-refractivity contribution in [1.29, 1.82) is 0 Å². The summed E-state index contributed by atoms with van der Waals surface area (Å²) in [5.41, 5.74) is 7.08. The number of rotatable bonds is 4. The molecule has 1 aliphatic carbocycles. The van der Waals surface area contributed by atoms with Crippen LogP contribution < -0.4 is 10.2 Å². The Balaban J connectivity index is 1.60. The fourth-order valence-corrected chi connectivity index (χ4v) is 3.35. The Morgan fingerprint density at radius 2 is 2.08 bits per heavy atom. The van der Waals surface area contributed by atoms with Gasteiger partial charge in [-0.05, 0) is 65.4 Å². The van der Waals surface area contributed by atoms with E-state index < -0.39 is 0 Å². The van der Waals surface area contributed by atoms with E-state index in [9.17, 15) is 4.79 Å². The summed E-state index contributed by atoms with van der Waals surface area (Å²) in [6.45, 7) is 1.93. The third kappa shape index (κ3) is 4.03. The second kappa shape index (κ2) is 7.62. The van der Waals surface area contributed by atoms with Gasteiger partial charge in [-0.3, -0.25) is 4.79 Å². The van der Waals surface area contributed by atoms with Crippen LogP contribution in [0.1, 0.15) is 29.5 Å². The van der Waals surface area contributed by atoms with E-state index >= 15 is 0 Å². The average molecular weight is 387 g/mol. The highest BCUT2D eigenvalue weighted by atomic mass is 79.9. The Morgan fingerprint density at radius 3 is 2.92 bits per heavy atom. The zero-order valence-corrected chi connectivity index (χ0v) is 15.1. The van der Waals surface area contributed by atoms with Gasteiger partial charge in [-0.15, -0.1) is 0 Å². The lowest BCUT2D eigenvalue weighted by Crippen LogP contribution is -2.27. The van der Waals surface area contributed by atoms with Crippen molar-refractivity contribution in [1.82, 2.24) is 5.43 Å². The average Bonchev–Trinajstić information content (AvgIpc) is 2.59. The summed E-state index contributed by atoms with van der Waals surface area (Å²) in [7, 11) is 0. The second-order valence-corrected chi connectivity index (χ2v) is 6.68. The quantitative estimate of drug-likeness (QED) is 0.807. The molecule has 3 rings (SSSR count). The molecule has 2 aromatic rings. The van der Waals surface area contributed by atoms with Gasteiger partial charge < -0.3 is 4.74 Å². The van der Waals surface area contributed by atoms with Gasteiger partial charge in [-0.1, -0.05) is 30.3 Å². The number of nitrogens with one attached hydrogen (secondary N) is 1. The zero-order chi connectivity index (χ0) is 16.9. The fraction of sp³-hybridized carbons (Fsp3) is 0.263. The van der Waals surface area contributed by atoms with Crippen LogP contribution in [0, 0.1) is 6.92 Å². The van der Waals surface area contributed by atoms with Crippen molar-refractivity contribution >= 4 is 27.5 Å². The van der Waals surface area contributed by atoms with Crippen LogP contribution in [0.25, 0.3) is 0 Å². The van der Waals surface area contributed by atoms with Gasteiger partial charge in [0.2, 0.25) is 0 Å². The highest BCUT2D eigenvalue weighted by molar-refractivity contribution is 9.10. The molecule has 0 atom stereocenters. The first kappa shape index (κ1) is 16.7. The van der Waals surface area contributed by atoms with Crippen molar-refractivity contribution in [3.63, 3.8) is 0 Å². The maximum Gasteiger partial charge on any atom is 0.277 e. The van der Waals surface area contributed by atoms with Gasteiger partial charge in [0.1, 0.15) is 5.75 Å². The summed E-state index contributed by atoms with van der Waals surface area (Å²) < 4.78 is 6.37. The smallest absolute Gasteiger partial charge is 0.277 e. The van der Waals surface area contributed by atoms with Crippen molar-refractivity contribution in [2.45, 2.75) is 26.2 Å². The van der Waals surface area contributed by atoms with Crippen LogP contribution in [0.15, 0.2) is 52.0 Å². The number of hydrogen-bond acceptors (Lipinski definition) is 3. The molecule has 124 valence electrons. The number of carbonyl (C=O) groups excluding carboxylic acids is 1. The first-order valence-electron chi connectivity index (χ1n) is 7.96. The molecule has 0 radical (unpaired) electrons. The molecule has 0 saturated heterocycles. The number of amides is 1. The van der Waals surface area contributed by atoms with Gasteiger partial charge in [0.05, 0.1) is 10.2 Å². The molecule has 4 nitrogen and oxygen atoms in total. The Morgan fingerprint density at radius 1 is 1.25 bits per heavy atom. The van der Waals surface area contributed by atoms with Gasteiger partial charge in [0, 0.05) is 5.56 Å². The van der Waals surface area contributed by atoms with Gasteiger partial charge in [0.25, 0.3) is 5.91 Å². The van der Waals surface area contributed by atoms with Gasteiger partial charge in [0.15, 0.2) is 6.61 Å². The number of nitrogens with zero attached hydrogens (tertiary/aromatic N) is 1. The molecule has 1 aliphatic rings. The van der Waals surface area contributed by atoms with E-state index in [0.717, 1.165) is 40.6 Å². The summed E-state index contributed by atoms with van der Waals surface area (Å²) >= 11 is 3.43. The van der Waals surface area contributed by atoms with Gasteiger partial charge in [-0.25, -0.2) is 5.43 Å². The Kier molecular flexibility index (Phi) is 5.30. The van der Waals surface area contributed by atoms with Crippen LogP contribution in [0.4, 0.5) is 0 Å². The fourth-order valence-electron chi connectivity index (χ4n) is 2.75. The minimum absolute atomic E-state index is 0.0694. The molecule has 24 heavy (non-hydrogen) atoms. The molecule has 0 aliphatic heterocycles. The van der Waals surface area contributed by atoms with Crippen LogP contribution in [0.2, 0.25) is 0 Å². The van der Waals surface area contributed by atoms with E-state index in [4.69, 9.17) is 4.74 Å². The highest BCUT2D eigenvalue weighted by Gasteiger charge is 2.15. The maximum atomic E-state index is 12.0. The lowest BCUT2D eigenvalue weighted by molar-refractivity contribution is -0.123. The van der Waals surface area contributed by atoms with E-state index in [1.54, 1.807) is 0 Å². The lowest BCUT2D eigenvalue weighted by Gasteiger charge is -2.17. The summed E-state index contributed by atoms with van der Waals surface area (Å²) in [4.78, 5) is 12.0. The Bertz CT molecular complexity index is 787. The van der Waals surface area contributed by atoms with Crippen molar-refractivity contribution < 1.29 is 9.53 Å². The van der Waals surface area contributed by atoms with Crippen LogP contribution >= 0.6 is 15.9 Å². The number of ether oxygens (including phenoxy) is 1. The van der Waals surface area contributed by atoms with Crippen molar-refractivity contribution in [2.75, 3.05) is 6.61 Å². The van der Waals surface area contributed by atoms with E-state index in [-0.39, 0.29) is 12.5 Å². The molecule has 5 heteroatoms. The standard InChI is InChI=1S/C19H19BrN2O2/c1-13-9-10-18(16(20)11-13)24-12-19(23)22-21-17-8-4-6-14-5-2-3-7-15(14)17/h2-3,5,7,9-11H,4,6,8,12H2,1H3,(H,22,23)/b21-17-. The van der Waals surface area contributed by atoms with Crippen molar-refractivity contribution in [3.05, 3.63) is 63.6 Å². The highest BCUT2D eigenvalue weighted by Crippen LogP contribution is 2.25. The molecule has 1 amide bonds. The van der Waals surface area contributed by atoms with E-state index in [1.807, 2.05) is 37.3 Å². The third-order valence-electron chi connectivity index (χ3n) is 3.95. The minimum atomic E-state index is -0.266. The summed E-state index contributed by atoms with van der Waals surface area (Å²) in [6.07, 6.45) is 2.99. The zero-order valence-electron chi connectivity index (χ0n) is 13.5. The molecule has 0 spiro atoms. The van der Waals surface area contributed by atoms with Crippen LogP contribution in [-0.4, -0.2) is 18.2 Å².